The lowest BCUT2D eigenvalue weighted by Gasteiger charge is -2.12. The highest BCUT2D eigenvalue weighted by Crippen LogP contribution is 2.30. The van der Waals surface area contributed by atoms with E-state index in [0.717, 1.165) is 53.9 Å². The van der Waals surface area contributed by atoms with Crippen LogP contribution in [-0.2, 0) is 25.9 Å². The number of hydrogen-bond donors (Lipinski definition) is 1. The van der Waals surface area contributed by atoms with Crippen molar-refractivity contribution in [2.45, 2.75) is 45.6 Å². The fraction of sp³-hybridized carbons (Fsp3) is 0.308. The van der Waals surface area contributed by atoms with Gasteiger partial charge in [0.25, 0.3) is 5.91 Å². The van der Waals surface area contributed by atoms with Crippen LogP contribution in [0.25, 0.3) is 0 Å². The van der Waals surface area contributed by atoms with Crippen molar-refractivity contribution < 1.29 is 14.3 Å². The van der Waals surface area contributed by atoms with Crippen molar-refractivity contribution in [3.63, 3.8) is 0 Å². The third kappa shape index (κ3) is 5.19. The van der Waals surface area contributed by atoms with Crippen LogP contribution < -0.4 is 14.9 Å². The second-order valence-electron chi connectivity index (χ2n) is 7.81. The zero-order chi connectivity index (χ0) is 22.3. The fourth-order valence-corrected chi connectivity index (χ4v) is 5.01. The molecule has 0 atom stereocenters. The summed E-state index contributed by atoms with van der Waals surface area (Å²) in [7, 11) is 1.64. The summed E-state index contributed by atoms with van der Waals surface area (Å²) < 4.78 is 11.4. The molecule has 166 valence electrons. The van der Waals surface area contributed by atoms with Crippen molar-refractivity contribution in [1.82, 2.24) is 5.43 Å². The minimum atomic E-state index is -0.145. The van der Waals surface area contributed by atoms with Crippen molar-refractivity contribution in [3.05, 3.63) is 80.5 Å². The number of amides is 1. The summed E-state index contributed by atoms with van der Waals surface area (Å²) >= 11 is 1.68. The topological polar surface area (TPSA) is 59.9 Å². The first kappa shape index (κ1) is 22.1. The molecule has 3 aromatic rings. The molecule has 0 fully saturated rings. The lowest BCUT2D eigenvalue weighted by atomic mass is 9.96. The predicted octanol–water partition coefficient (Wildman–Crippen LogP) is 5.54. The van der Waals surface area contributed by atoms with E-state index in [2.05, 4.69) is 29.6 Å². The van der Waals surface area contributed by atoms with E-state index in [1.165, 1.54) is 22.4 Å². The van der Waals surface area contributed by atoms with E-state index in [4.69, 9.17) is 9.47 Å². The number of carbonyl (C=O) groups is 1. The van der Waals surface area contributed by atoms with Crippen molar-refractivity contribution in [3.8, 4) is 11.5 Å². The molecule has 1 aromatic heterocycles. The van der Waals surface area contributed by atoms with Gasteiger partial charge in [-0.05, 0) is 79.1 Å². The molecule has 0 unspecified atom stereocenters. The number of methoxy groups -OCH3 is 1. The van der Waals surface area contributed by atoms with Gasteiger partial charge < -0.3 is 9.47 Å². The number of hydrazone groups is 1. The Labute approximate surface area is 193 Å². The van der Waals surface area contributed by atoms with Gasteiger partial charge in [-0.2, -0.15) is 5.10 Å². The normalized spacial score (nSPS) is 13.1. The summed E-state index contributed by atoms with van der Waals surface area (Å²) in [6, 6.07) is 13.9. The number of nitrogens with one attached hydrogen (secondary N) is 1. The van der Waals surface area contributed by atoms with Crippen LogP contribution in [-0.4, -0.2) is 19.2 Å². The Kier molecular flexibility index (Phi) is 7.22. The Morgan fingerprint density at radius 1 is 1.16 bits per heavy atom. The maximum absolute atomic E-state index is 12.6. The molecule has 0 spiro atoms. The van der Waals surface area contributed by atoms with E-state index < -0.39 is 0 Å². The predicted molar refractivity (Wildman–Crippen MR) is 129 cm³/mol. The Hall–Kier alpha value is -3.12. The Bertz CT molecular complexity index is 1100. The zero-order valence-electron chi connectivity index (χ0n) is 18.5. The summed E-state index contributed by atoms with van der Waals surface area (Å²) in [5, 5.41) is 6.13. The standard InChI is InChI=1S/C26H28N2O3S/c1-3-18-8-11-21(12-9-18)31-16-20-14-19(10-13-24(20)30-2)15-27-28-26(29)23-17-32-25-7-5-4-6-22(23)25/h8-15,17H,3-7,16H2,1-2H3,(H,28,29)/b27-15-. The molecule has 0 saturated heterocycles. The van der Waals surface area contributed by atoms with Crippen LogP contribution in [0.5, 0.6) is 11.5 Å². The average Bonchev–Trinajstić information content (AvgIpc) is 3.27. The van der Waals surface area contributed by atoms with Gasteiger partial charge >= 0.3 is 0 Å². The van der Waals surface area contributed by atoms with E-state index in [1.54, 1.807) is 24.7 Å². The molecule has 2 aromatic carbocycles. The molecule has 1 aliphatic carbocycles. The molecule has 0 aliphatic heterocycles. The molecule has 1 heterocycles. The number of nitrogens with zero attached hydrogens (tertiary/aromatic N) is 1. The monoisotopic (exact) mass is 448 g/mol. The van der Waals surface area contributed by atoms with Gasteiger partial charge in [-0.15, -0.1) is 11.3 Å². The van der Waals surface area contributed by atoms with E-state index in [-0.39, 0.29) is 5.91 Å². The highest BCUT2D eigenvalue weighted by Gasteiger charge is 2.19. The Morgan fingerprint density at radius 2 is 1.97 bits per heavy atom. The SMILES string of the molecule is CCc1ccc(OCc2cc(/C=N\NC(=O)c3csc4c3CCCC4)ccc2OC)cc1. The lowest BCUT2D eigenvalue weighted by molar-refractivity contribution is 0.0954. The molecule has 1 amide bonds. The Morgan fingerprint density at radius 3 is 2.75 bits per heavy atom. The summed E-state index contributed by atoms with van der Waals surface area (Å²) in [4.78, 5) is 13.9. The van der Waals surface area contributed by atoms with Crippen molar-refractivity contribution >= 4 is 23.5 Å². The van der Waals surface area contributed by atoms with E-state index in [1.807, 2.05) is 35.7 Å². The molecular formula is C26H28N2O3S. The number of hydrogen-bond acceptors (Lipinski definition) is 5. The second-order valence-corrected chi connectivity index (χ2v) is 8.78. The molecule has 0 radical (unpaired) electrons. The number of aryl methyl sites for hydroxylation is 2. The molecule has 1 N–H and O–H groups in total. The number of benzene rings is 2. The quantitative estimate of drug-likeness (QED) is 0.364. The average molecular weight is 449 g/mol. The van der Waals surface area contributed by atoms with Gasteiger partial charge in [0.15, 0.2) is 0 Å². The first-order valence-corrected chi connectivity index (χ1v) is 11.9. The van der Waals surface area contributed by atoms with Crippen LogP contribution in [0, 0.1) is 0 Å². The highest BCUT2D eigenvalue weighted by atomic mass is 32.1. The number of thiophene rings is 1. The minimum Gasteiger partial charge on any atom is -0.496 e. The van der Waals surface area contributed by atoms with Gasteiger partial charge in [0.05, 0.1) is 18.9 Å². The molecular weight excluding hydrogens is 420 g/mol. The smallest absolute Gasteiger partial charge is 0.272 e. The summed E-state index contributed by atoms with van der Waals surface area (Å²) in [6.45, 7) is 2.51. The Balaban J connectivity index is 1.40. The molecule has 32 heavy (non-hydrogen) atoms. The molecule has 5 nitrogen and oxygen atoms in total. The second kappa shape index (κ2) is 10.5. The van der Waals surface area contributed by atoms with E-state index in [9.17, 15) is 4.79 Å². The van der Waals surface area contributed by atoms with Crippen LogP contribution in [0.2, 0.25) is 0 Å². The molecule has 1 aliphatic rings. The van der Waals surface area contributed by atoms with Crippen LogP contribution in [0.4, 0.5) is 0 Å². The summed E-state index contributed by atoms with van der Waals surface area (Å²) in [5.74, 6) is 1.42. The van der Waals surface area contributed by atoms with Gasteiger partial charge in [0.2, 0.25) is 0 Å². The third-order valence-corrected chi connectivity index (χ3v) is 6.80. The molecule has 0 saturated carbocycles. The first-order valence-electron chi connectivity index (χ1n) is 11.0. The number of carbonyl (C=O) groups excluding carboxylic acids is 1. The van der Waals surface area contributed by atoms with Crippen molar-refractivity contribution in [2.24, 2.45) is 5.10 Å². The highest BCUT2D eigenvalue weighted by molar-refractivity contribution is 7.10. The lowest BCUT2D eigenvalue weighted by Crippen LogP contribution is -2.19. The van der Waals surface area contributed by atoms with Gasteiger partial charge in [0, 0.05) is 15.8 Å². The van der Waals surface area contributed by atoms with E-state index >= 15 is 0 Å². The third-order valence-electron chi connectivity index (χ3n) is 5.72. The van der Waals surface area contributed by atoms with Crippen molar-refractivity contribution in [2.75, 3.05) is 7.11 Å². The number of rotatable bonds is 8. The fourth-order valence-electron chi connectivity index (χ4n) is 3.88. The maximum atomic E-state index is 12.6. The minimum absolute atomic E-state index is 0.145. The van der Waals surface area contributed by atoms with E-state index in [0.29, 0.717) is 6.61 Å². The molecule has 4 rings (SSSR count). The zero-order valence-corrected chi connectivity index (χ0v) is 19.3. The van der Waals surface area contributed by atoms with Gasteiger partial charge in [-0.3, -0.25) is 4.79 Å². The van der Waals surface area contributed by atoms with Crippen LogP contribution in [0.3, 0.4) is 0 Å². The van der Waals surface area contributed by atoms with Gasteiger partial charge in [-0.1, -0.05) is 19.1 Å². The van der Waals surface area contributed by atoms with Crippen LogP contribution in [0.1, 0.15) is 57.3 Å². The number of fused-ring (bicyclic) bond motifs is 1. The van der Waals surface area contributed by atoms with Crippen LogP contribution >= 0.6 is 11.3 Å². The molecule has 6 heteroatoms. The van der Waals surface area contributed by atoms with Crippen LogP contribution in [0.15, 0.2) is 52.9 Å². The summed E-state index contributed by atoms with van der Waals surface area (Å²) in [5.41, 5.74) is 7.68. The summed E-state index contributed by atoms with van der Waals surface area (Å²) in [6.07, 6.45) is 7.06. The molecule has 0 bridgehead atoms. The first-order chi connectivity index (χ1) is 15.7. The van der Waals surface area contributed by atoms with Gasteiger partial charge in [-0.25, -0.2) is 5.43 Å². The number of ether oxygens (including phenoxy) is 2. The largest absolute Gasteiger partial charge is 0.496 e. The maximum Gasteiger partial charge on any atom is 0.272 e. The van der Waals surface area contributed by atoms with Crippen molar-refractivity contribution in [1.29, 1.82) is 0 Å². The van der Waals surface area contributed by atoms with Gasteiger partial charge in [0.1, 0.15) is 18.1 Å².